The number of carbonyl (C=O) groups excluding carboxylic acids is 2. The van der Waals surface area contributed by atoms with E-state index < -0.39 is 0 Å². The molecule has 1 aliphatic heterocycles. The molecule has 1 N–H and O–H groups in total. The smallest absolute Gasteiger partial charge is 0.248 e. The fourth-order valence-corrected chi connectivity index (χ4v) is 2.76. The highest BCUT2D eigenvalue weighted by Crippen LogP contribution is 2.19. The number of hydrogen-bond acceptors (Lipinski definition) is 5. The Hall–Kier alpha value is -3.12. The number of morpholine rings is 1. The SMILES string of the molecule is COc1ccc(C(=O)C=CC(=O)Nc2ccc(N3CCOCC3)cc2)cc1. The Morgan fingerprint density at radius 3 is 2.30 bits per heavy atom. The molecule has 3 rings (SSSR count). The van der Waals surface area contributed by atoms with Crippen molar-refractivity contribution in [3.63, 3.8) is 0 Å². The molecule has 1 heterocycles. The van der Waals surface area contributed by atoms with Crippen LogP contribution in [0.2, 0.25) is 0 Å². The third-order valence-electron chi connectivity index (χ3n) is 4.27. The first kappa shape index (κ1) is 18.7. The van der Waals surface area contributed by atoms with Crippen molar-refractivity contribution in [2.75, 3.05) is 43.6 Å². The first-order valence-electron chi connectivity index (χ1n) is 8.76. The Balaban J connectivity index is 1.54. The Labute approximate surface area is 158 Å². The molecule has 27 heavy (non-hydrogen) atoms. The van der Waals surface area contributed by atoms with E-state index in [1.807, 2.05) is 24.3 Å². The number of carbonyl (C=O) groups is 2. The van der Waals surface area contributed by atoms with Gasteiger partial charge in [0.1, 0.15) is 5.75 Å². The number of benzene rings is 2. The minimum absolute atomic E-state index is 0.240. The zero-order valence-corrected chi connectivity index (χ0v) is 15.2. The zero-order valence-electron chi connectivity index (χ0n) is 15.2. The lowest BCUT2D eigenvalue weighted by atomic mass is 10.1. The largest absolute Gasteiger partial charge is 0.497 e. The summed E-state index contributed by atoms with van der Waals surface area (Å²) in [6, 6.07) is 14.4. The fraction of sp³-hybridized carbons (Fsp3) is 0.238. The molecule has 2 aromatic carbocycles. The molecular formula is C21H22N2O4. The third kappa shape index (κ3) is 5.18. The van der Waals surface area contributed by atoms with Gasteiger partial charge in [0.05, 0.1) is 20.3 Å². The molecular weight excluding hydrogens is 344 g/mol. The molecule has 1 fully saturated rings. The summed E-state index contributed by atoms with van der Waals surface area (Å²) in [5.41, 5.74) is 2.27. The van der Waals surface area contributed by atoms with Crippen molar-refractivity contribution in [1.82, 2.24) is 0 Å². The number of nitrogens with zero attached hydrogens (tertiary/aromatic N) is 1. The van der Waals surface area contributed by atoms with Crippen LogP contribution in [0.25, 0.3) is 0 Å². The molecule has 0 bridgehead atoms. The summed E-state index contributed by atoms with van der Waals surface area (Å²) in [4.78, 5) is 26.4. The van der Waals surface area contributed by atoms with Crippen LogP contribution in [-0.4, -0.2) is 45.1 Å². The van der Waals surface area contributed by atoms with Crippen LogP contribution in [0.3, 0.4) is 0 Å². The minimum Gasteiger partial charge on any atom is -0.497 e. The molecule has 1 aliphatic rings. The number of nitrogens with one attached hydrogen (secondary N) is 1. The molecule has 0 spiro atoms. The van der Waals surface area contributed by atoms with Gasteiger partial charge in [0.25, 0.3) is 0 Å². The van der Waals surface area contributed by atoms with E-state index in [4.69, 9.17) is 9.47 Å². The monoisotopic (exact) mass is 366 g/mol. The van der Waals surface area contributed by atoms with E-state index in [0.717, 1.165) is 32.0 Å². The number of amides is 1. The lowest BCUT2D eigenvalue weighted by molar-refractivity contribution is -0.111. The minimum atomic E-state index is -0.351. The summed E-state index contributed by atoms with van der Waals surface area (Å²) < 4.78 is 10.4. The average Bonchev–Trinajstić information content (AvgIpc) is 2.73. The second kappa shape index (κ2) is 9.00. The van der Waals surface area contributed by atoms with Gasteiger partial charge in [0.15, 0.2) is 5.78 Å². The zero-order chi connectivity index (χ0) is 19.1. The first-order chi connectivity index (χ1) is 13.2. The predicted molar refractivity (Wildman–Crippen MR) is 105 cm³/mol. The Morgan fingerprint density at radius 1 is 1.00 bits per heavy atom. The number of ether oxygens (including phenoxy) is 2. The van der Waals surface area contributed by atoms with Crippen LogP contribution in [-0.2, 0) is 9.53 Å². The summed E-state index contributed by atoms with van der Waals surface area (Å²) in [5, 5.41) is 2.76. The number of allylic oxidation sites excluding steroid dienone is 1. The van der Waals surface area contributed by atoms with E-state index in [1.54, 1.807) is 31.4 Å². The molecule has 0 radical (unpaired) electrons. The molecule has 6 nitrogen and oxygen atoms in total. The van der Waals surface area contributed by atoms with Gasteiger partial charge in [-0.3, -0.25) is 9.59 Å². The van der Waals surface area contributed by atoms with E-state index in [1.165, 1.54) is 12.2 Å². The van der Waals surface area contributed by atoms with E-state index in [2.05, 4.69) is 10.2 Å². The second-order valence-corrected chi connectivity index (χ2v) is 6.06. The lowest BCUT2D eigenvalue weighted by Crippen LogP contribution is -2.36. The Kier molecular flexibility index (Phi) is 6.22. The molecule has 2 aromatic rings. The van der Waals surface area contributed by atoms with Crippen LogP contribution in [0, 0.1) is 0 Å². The van der Waals surface area contributed by atoms with Gasteiger partial charge >= 0.3 is 0 Å². The summed E-state index contributed by atoms with van der Waals surface area (Å²) >= 11 is 0. The molecule has 0 saturated carbocycles. The Bertz CT molecular complexity index is 807. The maximum absolute atomic E-state index is 12.1. The predicted octanol–water partition coefficient (Wildman–Crippen LogP) is 2.91. The number of rotatable bonds is 6. The number of ketones is 1. The van der Waals surface area contributed by atoms with Crippen molar-refractivity contribution in [1.29, 1.82) is 0 Å². The van der Waals surface area contributed by atoms with Crippen molar-refractivity contribution < 1.29 is 19.1 Å². The van der Waals surface area contributed by atoms with E-state index >= 15 is 0 Å². The molecule has 6 heteroatoms. The summed E-state index contributed by atoms with van der Waals surface area (Å²) in [5.74, 6) is 0.0836. The topological polar surface area (TPSA) is 67.9 Å². The van der Waals surface area contributed by atoms with Crippen LogP contribution in [0.5, 0.6) is 5.75 Å². The van der Waals surface area contributed by atoms with Crippen molar-refractivity contribution >= 4 is 23.1 Å². The normalized spacial score (nSPS) is 14.2. The molecule has 0 aromatic heterocycles. The van der Waals surface area contributed by atoms with Crippen LogP contribution in [0.1, 0.15) is 10.4 Å². The highest BCUT2D eigenvalue weighted by Gasteiger charge is 2.11. The number of methoxy groups -OCH3 is 1. The fourth-order valence-electron chi connectivity index (χ4n) is 2.76. The maximum Gasteiger partial charge on any atom is 0.248 e. The molecule has 0 unspecified atom stereocenters. The highest BCUT2D eigenvalue weighted by atomic mass is 16.5. The van der Waals surface area contributed by atoms with Crippen molar-refractivity contribution in [3.8, 4) is 5.75 Å². The van der Waals surface area contributed by atoms with Crippen LogP contribution in [0.4, 0.5) is 11.4 Å². The van der Waals surface area contributed by atoms with Gasteiger partial charge < -0.3 is 19.7 Å². The molecule has 0 aliphatic carbocycles. The van der Waals surface area contributed by atoms with Gasteiger partial charge in [0.2, 0.25) is 5.91 Å². The lowest BCUT2D eigenvalue weighted by Gasteiger charge is -2.28. The van der Waals surface area contributed by atoms with Crippen molar-refractivity contribution in [3.05, 3.63) is 66.2 Å². The standard InChI is InChI=1S/C21H22N2O4/c1-26-19-8-2-16(3-9-19)20(24)10-11-21(25)22-17-4-6-18(7-5-17)23-12-14-27-15-13-23/h2-11H,12-15H2,1H3,(H,22,25). The van der Waals surface area contributed by atoms with Crippen LogP contribution < -0.4 is 15.0 Å². The number of anilines is 2. The van der Waals surface area contributed by atoms with Crippen LogP contribution >= 0.6 is 0 Å². The first-order valence-corrected chi connectivity index (χ1v) is 8.76. The van der Waals surface area contributed by atoms with E-state index in [0.29, 0.717) is 17.0 Å². The van der Waals surface area contributed by atoms with Crippen molar-refractivity contribution in [2.24, 2.45) is 0 Å². The second-order valence-electron chi connectivity index (χ2n) is 6.06. The molecule has 140 valence electrons. The summed E-state index contributed by atoms with van der Waals surface area (Å²) in [6.07, 6.45) is 2.50. The van der Waals surface area contributed by atoms with Gasteiger partial charge in [-0.15, -0.1) is 0 Å². The molecule has 1 saturated heterocycles. The Morgan fingerprint density at radius 2 is 1.67 bits per heavy atom. The van der Waals surface area contributed by atoms with Gasteiger partial charge in [0, 0.05) is 36.1 Å². The van der Waals surface area contributed by atoms with Gasteiger partial charge in [-0.05, 0) is 54.6 Å². The summed E-state index contributed by atoms with van der Waals surface area (Å²) in [7, 11) is 1.56. The molecule has 1 amide bonds. The highest BCUT2D eigenvalue weighted by molar-refractivity contribution is 6.09. The van der Waals surface area contributed by atoms with E-state index in [-0.39, 0.29) is 11.7 Å². The quantitative estimate of drug-likeness (QED) is 0.629. The van der Waals surface area contributed by atoms with Crippen molar-refractivity contribution in [2.45, 2.75) is 0 Å². The van der Waals surface area contributed by atoms with Gasteiger partial charge in [-0.2, -0.15) is 0 Å². The number of hydrogen-bond donors (Lipinski definition) is 1. The summed E-state index contributed by atoms with van der Waals surface area (Å²) in [6.45, 7) is 3.18. The molecule has 0 atom stereocenters. The van der Waals surface area contributed by atoms with Gasteiger partial charge in [-0.1, -0.05) is 0 Å². The van der Waals surface area contributed by atoms with E-state index in [9.17, 15) is 9.59 Å². The maximum atomic E-state index is 12.1. The van der Waals surface area contributed by atoms with Gasteiger partial charge in [-0.25, -0.2) is 0 Å². The average molecular weight is 366 g/mol. The third-order valence-corrected chi connectivity index (χ3v) is 4.27. The van der Waals surface area contributed by atoms with Crippen LogP contribution in [0.15, 0.2) is 60.7 Å².